The number of benzene rings is 1. The average Bonchev–Trinajstić information content (AvgIpc) is 2.17. The lowest BCUT2D eigenvalue weighted by atomic mass is 10.1. The summed E-state index contributed by atoms with van der Waals surface area (Å²) in [6, 6.07) is 4.76. The van der Waals surface area contributed by atoms with Crippen LogP contribution in [0.5, 0.6) is 0 Å². The van der Waals surface area contributed by atoms with Gasteiger partial charge in [-0.15, -0.1) is 0 Å². The molecule has 0 atom stereocenters. The molecule has 0 aliphatic rings. The highest BCUT2D eigenvalue weighted by atomic mass is 19.4. The maximum absolute atomic E-state index is 12.2. The van der Waals surface area contributed by atoms with Crippen LogP contribution in [-0.4, -0.2) is 12.8 Å². The minimum Gasteiger partial charge on any atom is -0.399 e. The molecule has 0 aromatic heterocycles. The molecule has 0 aliphatic carbocycles. The van der Waals surface area contributed by atoms with Gasteiger partial charge in [0.1, 0.15) is 7.11 Å². The molecule has 0 radical (unpaired) electrons. The Kier molecular flexibility index (Phi) is 3.34. The zero-order chi connectivity index (χ0) is 11.5. The molecule has 1 aromatic rings. The molecule has 0 bridgehead atoms. The third-order valence-electron chi connectivity index (χ3n) is 1.86. The summed E-state index contributed by atoms with van der Waals surface area (Å²) in [6.45, 7) is 1.66. The van der Waals surface area contributed by atoms with E-state index in [1.165, 1.54) is 19.2 Å². The van der Waals surface area contributed by atoms with E-state index >= 15 is 0 Å². The van der Waals surface area contributed by atoms with Crippen LogP contribution in [0.2, 0.25) is 0 Å². The molecule has 82 valence electrons. The number of hydrogen-bond donors (Lipinski definition) is 0. The van der Waals surface area contributed by atoms with Gasteiger partial charge in [0, 0.05) is 0 Å². The Bertz CT molecular complexity index is 354. The lowest BCUT2D eigenvalue weighted by molar-refractivity contribution is -0.137. The number of nitrogens with zero attached hydrogens (tertiary/aromatic N) is 1. The molecule has 0 saturated carbocycles. The Morgan fingerprint density at radius 3 is 2.13 bits per heavy atom. The smallest absolute Gasteiger partial charge is 0.399 e. The molecule has 0 heterocycles. The maximum atomic E-state index is 12.2. The van der Waals surface area contributed by atoms with Crippen molar-refractivity contribution in [2.45, 2.75) is 13.1 Å². The van der Waals surface area contributed by atoms with Crippen LogP contribution >= 0.6 is 0 Å². The van der Waals surface area contributed by atoms with Crippen LogP contribution in [0, 0.1) is 0 Å². The zero-order valence-electron chi connectivity index (χ0n) is 8.30. The number of halogens is 3. The summed E-state index contributed by atoms with van der Waals surface area (Å²) in [5.41, 5.74) is 0.465. The molecule has 0 unspecified atom stereocenters. The second-order valence-electron chi connectivity index (χ2n) is 2.93. The maximum Gasteiger partial charge on any atom is 0.416 e. The van der Waals surface area contributed by atoms with Gasteiger partial charge in [0.05, 0.1) is 11.3 Å². The van der Waals surface area contributed by atoms with Crippen LogP contribution in [0.1, 0.15) is 18.1 Å². The summed E-state index contributed by atoms with van der Waals surface area (Å²) in [6.07, 6.45) is -4.30. The van der Waals surface area contributed by atoms with Gasteiger partial charge in [0.2, 0.25) is 0 Å². The van der Waals surface area contributed by atoms with Crippen LogP contribution < -0.4 is 0 Å². The highest BCUT2D eigenvalue weighted by Crippen LogP contribution is 2.29. The van der Waals surface area contributed by atoms with Crippen molar-refractivity contribution in [1.82, 2.24) is 0 Å². The van der Waals surface area contributed by atoms with E-state index in [-0.39, 0.29) is 0 Å². The van der Waals surface area contributed by atoms with E-state index in [9.17, 15) is 13.2 Å². The van der Waals surface area contributed by atoms with Crippen LogP contribution in [0.4, 0.5) is 13.2 Å². The van der Waals surface area contributed by atoms with Crippen LogP contribution in [0.25, 0.3) is 0 Å². The molecule has 1 aromatic carbocycles. The zero-order valence-corrected chi connectivity index (χ0v) is 8.30. The van der Waals surface area contributed by atoms with Crippen LogP contribution in [0.3, 0.4) is 0 Å². The first kappa shape index (κ1) is 11.6. The van der Waals surface area contributed by atoms with Gasteiger partial charge >= 0.3 is 6.18 Å². The van der Waals surface area contributed by atoms with Gasteiger partial charge in [-0.1, -0.05) is 17.3 Å². The Balaban J connectivity index is 2.96. The standard InChI is InChI=1S/C10H10F3NO/c1-7(14-15-2)8-3-5-9(6-4-8)10(11,12)13/h3-6H,1-2H3/b14-7+. The summed E-state index contributed by atoms with van der Waals surface area (Å²) in [5.74, 6) is 0. The summed E-state index contributed by atoms with van der Waals surface area (Å²) < 4.78 is 36.6. The summed E-state index contributed by atoms with van der Waals surface area (Å²) >= 11 is 0. The van der Waals surface area contributed by atoms with E-state index in [1.54, 1.807) is 6.92 Å². The van der Waals surface area contributed by atoms with Crippen molar-refractivity contribution in [2.75, 3.05) is 7.11 Å². The van der Waals surface area contributed by atoms with E-state index in [0.717, 1.165) is 12.1 Å². The predicted molar refractivity (Wildman–Crippen MR) is 50.7 cm³/mol. The largest absolute Gasteiger partial charge is 0.416 e. The van der Waals surface area contributed by atoms with Crippen molar-refractivity contribution in [3.63, 3.8) is 0 Å². The average molecular weight is 217 g/mol. The molecule has 0 fully saturated rings. The van der Waals surface area contributed by atoms with Crippen molar-refractivity contribution < 1.29 is 18.0 Å². The quantitative estimate of drug-likeness (QED) is 0.551. The normalized spacial score (nSPS) is 12.7. The lowest BCUT2D eigenvalue weighted by Gasteiger charge is -2.06. The van der Waals surface area contributed by atoms with Gasteiger partial charge in [-0.25, -0.2) is 0 Å². The van der Waals surface area contributed by atoms with E-state index < -0.39 is 11.7 Å². The number of rotatable bonds is 2. The van der Waals surface area contributed by atoms with Crippen molar-refractivity contribution in [3.8, 4) is 0 Å². The minimum absolute atomic E-state index is 0.534. The molecule has 0 aliphatic heterocycles. The van der Waals surface area contributed by atoms with Gasteiger partial charge in [0.15, 0.2) is 0 Å². The van der Waals surface area contributed by atoms with E-state index in [2.05, 4.69) is 9.99 Å². The summed E-state index contributed by atoms with van der Waals surface area (Å²) in [5, 5.41) is 3.62. The molecule has 0 amide bonds. The summed E-state index contributed by atoms with van der Waals surface area (Å²) in [4.78, 5) is 4.52. The van der Waals surface area contributed by atoms with Crippen molar-refractivity contribution in [1.29, 1.82) is 0 Å². The fourth-order valence-corrected chi connectivity index (χ4v) is 1.09. The van der Waals surface area contributed by atoms with E-state index in [4.69, 9.17) is 0 Å². The van der Waals surface area contributed by atoms with Gasteiger partial charge in [-0.3, -0.25) is 0 Å². The highest BCUT2D eigenvalue weighted by molar-refractivity contribution is 5.98. The highest BCUT2D eigenvalue weighted by Gasteiger charge is 2.29. The van der Waals surface area contributed by atoms with Crippen molar-refractivity contribution in [3.05, 3.63) is 35.4 Å². The van der Waals surface area contributed by atoms with Crippen LogP contribution in [-0.2, 0) is 11.0 Å². The number of hydrogen-bond acceptors (Lipinski definition) is 2. The minimum atomic E-state index is -4.30. The second kappa shape index (κ2) is 4.33. The first-order chi connectivity index (χ1) is 6.95. The van der Waals surface area contributed by atoms with Gasteiger partial charge in [-0.2, -0.15) is 13.2 Å². The van der Waals surface area contributed by atoms with Crippen molar-refractivity contribution in [2.24, 2.45) is 5.16 Å². The molecule has 0 N–H and O–H groups in total. The first-order valence-corrected chi connectivity index (χ1v) is 4.20. The lowest BCUT2D eigenvalue weighted by Crippen LogP contribution is -2.05. The Morgan fingerprint density at radius 2 is 1.73 bits per heavy atom. The molecule has 1 rings (SSSR count). The molecule has 0 saturated heterocycles. The first-order valence-electron chi connectivity index (χ1n) is 4.20. The van der Waals surface area contributed by atoms with E-state index in [1.807, 2.05) is 0 Å². The number of alkyl halides is 3. The fraction of sp³-hybridized carbons (Fsp3) is 0.300. The van der Waals surface area contributed by atoms with Crippen molar-refractivity contribution >= 4 is 5.71 Å². The van der Waals surface area contributed by atoms with Crippen LogP contribution in [0.15, 0.2) is 29.4 Å². The Labute approximate surface area is 85.4 Å². The second-order valence-corrected chi connectivity index (χ2v) is 2.93. The Hall–Kier alpha value is -1.52. The van der Waals surface area contributed by atoms with Gasteiger partial charge in [-0.05, 0) is 24.6 Å². The predicted octanol–water partition coefficient (Wildman–Crippen LogP) is 3.08. The Morgan fingerprint density at radius 1 is 1.20 bits per heavy atom. The fourth-order valence-electron chi connectivity index (χ4n) is 1.09. The van der Waals surface area contributed by atoms with Gasteiger partial charge < -0.3 is 4.84 Å². The molecule has 15 heavy (non-hydrogen) atoms. The SMILES string of the molecule is CO/N=C(\C)c1ccc(C(F)(F)F)cc1. The molecule has 5 heteroatoms. The molecular weight excluding hydrogens is 207 g/mol. The monoisotopic (exact) mass is 217 g/mol. The summed E-state index contributed by atoms with van der Waals surface area (Å²) in [7, 11) is 1.38. The third-order valence-corrected chi connectivity index (χ3v) is 1.86. The molecular formula is C10H10F3NO. The third kappa shape index (κ3) is 2.97. The van der Waals surface area contributed by atoms with E-state index in [0.29, 0.717) is 11.3 Å². The van der Waals surface area contributed by atoms with Gasteiger partial charge in [0.25, 0.3) is 0 Å². The topological polar surface area (TPSA) is 21.6 Å². The molecule has 2 nitrogen and oxygen atoms in total. The molecule has 0 spiro atoms. The number of oxime groups is 1.